The zero-order valence-corrected chi connectivity index (χ0v) is 19.5. The molecule has 0 spiro atoms. The fourth-order valence-corrected chi connectivity index (χ4v) is 4.36. The number of rotatable bonds is 6. The predicted molar refractivity (Wildman–Crippen MR) is 130 cm³/mol. The summed E-state index contributed by atoms with van der Waals surface area (Å²) in [5, 5.41) is 7.20. The summed E-state index contributed by atoms with van der Waals surface area (Å²) >= 11 is 0. The molecule has 1 aliphatic carbocycles. The van der Waals surface area contributed by atoms with E-state index in [1.54, 1.807) is 0 Å². The third-order valence-electron chi connectivity index (χ3n) is 6.49. The van der Waals surface area contributed by atoms with Gasteiger partial charge in [-0.3, -0.25) is 4.99 Å². The lowest BCUT2D eigenvalue weighted by Crippen LogP contribution is -2.49. The van der Waals surface area contributed by atoms with Gasteiger partial charge in [-0.25, -0.2) is 0 Å². The van der Waals surface area contributed by atoms with E-state index in [9.17, 15) is 0 Å². The van der Waals surface area contributed by atoms with Gasteiger partial charge in [0.2, 0.25) is 0 Å². The average molecular weight is 505 g/mol. The molecular weight excluding hydrogens is 473 g/mol. The van der Waals surface area contributed by atoms with E-state index in [0.29, 0.717) is 0 Å². The fourth-order valence-electron chi connectivity index (χ4n) is 4.36. The lowest BCUT2D eigenvalue weighted by Gasteiger charge is -2.38. The maximum absolute atomic E-state index is 5.66. The van der Waals surface area contributed by atoms with Gasteiger partial charge < -0.3 is 15.4 Å². The summed E-state index contributed by atoms with van der Waals surface area (Å²) in [6.45, 7) is 3.44. The van der Waals surface area contributed by atoms with Gasteiger partial charge in [-0.1, -0.05) is 60.7 Å². The van der Waals surface area contributed by atoms with Crippen molar-refractivity contribution in [2.75, 3.05) is 33.4 Å². The molecule has 1 saturated heterocycles. The van der Waals surface area contributed by atoms with Gasteiger partial charge in [0, 0.05) is 44.2 Å². The van der Waals surface area contributed by atoms with E-state index in [1.807, 2.05) is 7.05 Å². The van der Waals surface area contributed by atoms with Gasteiger partial charge in [0.05, 0.1) is 0 Å². The molecule has 1 saturated carbocycles. The van der Waals surface area contributed by atoms with Crippen LogP contribution >= 0.6 is 24.0 Å². The number of hydrogen-bond acceptors (Lipinski definition) is 2. The molecule has 2 aromatic rings. The topological polar surface area (TPSA) is 45.7 Å². The van der Waals surface area contributed by atoms with Gasteiger partial charge in [-0.05, 0) is 36.8 Å². The number of ether oxygens (including phenoxy) is 1. The predicted octanol–water partition coefficient (Wildman–Crippen LogP) is 4.25. The summed E-state index contributed by atoms with van der Waals surface area (Å²) in [5.74, 6) is 0.893. The van der Waals surface area contributed by atoms with E-state index in [2.05, 4.69) is 76.3 Å². The molecule has 1 heterocycles. The molecule has 2 aliphatic rings. The quantitative estimate of drug-likeness (QED) is 0.351. The van der Waals surface area contributed by atoms with Crippen LogP contribution in [0.5, 0.6) is 0 Å². The Morgan fingerprint density at radius 3 is 1.66 bits per heavy atom. The van der Waals surface area contributed by atoms with Crippen molar-refractivity contribution < 1.29 is 4.74 Å². The van der Waals surface area contributed by atoms with Crippen molar-refractivity contribution >= 4 is 29.9 Å². The van der Waals surface area contributed by atoms with Crippen molar-refractivity contribution in [1.29, 1.82) is 0 Å². The highest BCUT2D eigenvalue weighted by atomic mass is 127. The van der Waals surface area contributed by atoms with Crippen molar-refractivity contribution in [2.45, 2.75) is 36.5 Å². The largest absolute Gasteiger partial charge is 0.381 e. The minimum atomic E-state index is 0. The Morgan fingerprint density at radius 2 is 1.24 bits per heavy atom. The summed E-state index contributed by atoms with van der Waals surface area (Å²) in [7, 11) is 1.86. The first-order chi connectivity index (χ1) is 13.8. The summed E-state index contributed by atoms with van der Waals surface area (Å²) in [5.41, 5.74) is 3.20. The molecule has 0 unspecified atom stereocenters. The third-order valence-corrected chi connectivity index (χ3v) is 6.49. The number of nitrogens with zero attached hydrogens (tertiary/aromatic N) is 1. The molecule has 0 radical (unpaired) electrons. The van der Waals surface area contributed by atoms with Crippen LogP contribution in [0.25, 0.3) is 0 Å². The lowest BCUT2D eigenvalue weighted by atomic mass is 9.74. The molecule has 0 aromatic heterocycles. The van der Waals surface area contributed by atoms with Crippen molar-refractivity contribution in [3.63, 3.8) is 0 Å². The molecule has 1 aliphatic heterocycles. The van der Waals surface area contributed by atoms with Gasteiger partial charge in [0.15, 0.2) is 5.96 Å². The zero-order valence-electron chi connectivity index (χ0n) is 17.2. The summed E-state index contributed by atoms with van der Waals surface area (Å²) in [6.07, 6.45) is 4.56. The minimum absolute atomic E-state index is 0. The van der Waals surface area contributed by atoms with E-state index >= 15 is 0 Å². The highest BCUT2D eigenvalue weighted by Crippen LogP contribution is 2.47. The maximum atomic E-state index is 5.66. The Bertz CT molecular complexity index is 784. The van der Waals surface area contributed by atoms with Crippen LogP contribution in [0.2, 0.25) is 0 Å². The fraction of sp³-hybridized carbons (Fsp3) is 0.458. The Kier molecular flexibility index (Phi) is 7.57. The molecule has 0 amide bonds. The third kappa shape index (κ3) is 5.12. The van der Waals surface area contributed by atoms with Gasteiger partial charge in [0.25, 0.3) is 0 Å². The molecule has 156 valence electrons. The maximum Gasteiger partial charge on any atom is 0.191 e. The zero-order chi connectivity index (χ0) is 19.3. The first-order valence-electron chi connectivity index (χ1n) is 10.4. The molecule has 29 heavy (non-hydrogen) atoms. The molecular formula is C24H32IN3O. The van der Waals surface area contributed by atoms with E-state index < -0.39 is 0 Å². The Morgan fingerprint density at radius 1 is 0.793 bits per heavy atom. The van der Waals surface area contributed by atoms with Gasteiger partial charge >= 0.3 is 0 Å². The van der Waals surface area contributed by atoms with Gasteiger partial charge in [-0.2, -0.15) is 0 Å². The lowest BCUT2D eigenvalue weighted by molar-refractivity contribution is 0.0514. The molecule has 5 heteroatoms. The second kappa shape index (κ2) is 9.94. The average Bonchev–Trinajstić information content (AvgIpc) is 3.57. The normalized spacial score (nSPS) is 19.7. The highest BCUT2D eigenvalue weighted by molar-refractivity contribution is 14.0. The van der Waals surface area contributed by atoms with Crippen LogP contribution in [0.3, 0.4) is 0 Å². The van der Waals surface area contributed by atoms with Crippen LogP contribution in [0.15, 0.2) is 65.7 Å². The molecule has 2 aromatic carbocycles. The van der Waals surface area contributed by atoms with Gasteiger partial charge in [-0.15, -0.1) is 24.0 Å². The van der Waals surface area contributed by atoms with Gasteiger partial charge in [0.1, 0.15) is 0 Å². The van der Waals surface area contributed by atoms with Crippen LogP contribution in [-0.2, 0) is 15.6 Å². The minimum Gasteiger partial charge on any atom is -0.381 e. The Labute approximate surface area is 191 Å². The van der Waals surface area contributed by atoms with Crippen molar-refractivity contribution in [1.82, 2.24) is 10.6 Å². The first kappa shape index (κ1) is 22.1. The van der Waals surface area contributed by atoms with Crippen LogP contribution in [-0.4, -0.2) is 39.3 Å². The number of aliphatic imine (C=N–C) groups is 1. The van der Waals surface area contributed by atoms with Crippen molar-refractivity contribution in [2.24, 2.45) is 4.99 Å². The first-order valence-corrected chi connectivity index (χ1v) is 10.4. The van der Waals surface area contributed by atoms with Crippen molar-refractivity contribution in [3.8, 4) is 0 Å². The van der Waals surface area contributed by atoms with E-state index in [0.717, 1.165) is 45.1 Å². The van der Waals surface area contributed by atoms with E-state index in [1.165, 1.54) is 24.0 Å². The second-order valence-electron chi connectivity index (χ2n) is 8.18. The summed E-state index contributed by atoms with van der Waals surface area (Å²) in [6, 6.07) is 21.7. The molecule has 0 atom stereocenters. The number of guanidine groups is 1. The van der Waals surface area contributed by atoms with Crippen LogP contribution in [0.1, 0.15) is 36.8 Å². The highest BCUT2D eigenvalue weighted by Gasteiger charge is 2.44. The van der Waals surface area contributed by atoms with Crippen LogP contribution in [0, 0.1) is 0 Å². The van der Waals surface area contributed by atoms with E-state index in [4.69, 9.17) is 4.74 Å². The molecule has 2 N–H and O–H groups in total. The summed E-state index contributed by atoms with van der Waals surface area (Å²) in [4.78, 5) is 4.48. The van der Waals surface area contributed by atoms with E-state index in [-0.39, 0.29) is 34.8 Å². The van der Waals surface area contributed by atoms with Crippen LogP contribution < -0.4 is 10.6 Å². The number of benzene rings is 2. The molecule has 2 fully saturated rings. The second-order valence-corrected chi connectivity index (χ2v) is 8.18. The van der Waals surface area contributed by atoms with Crippen LogP contribution in [0.4, 0.5) is 0 Å². The molecule has 0 bridgehead atoms. The molecule has 4 nitrogen and oxygen atoms in total. The smallest absolute Gasteiger partial charge is 0.191 e. The van der Waals surface area contributed by atoms with Crippen molar-refractivity contribution in [3.05, 3.63) is 71.8 Å². The number of halogens is 1. The SMILES string of the molecule is CN=C(NCC1(c2ccccc2)CCOCC1)NCC1(c2ccccc2)CC1.I. The standard InChI is InChI=1S/C24H31N3O.HI/c1-25-22(26-18-23(12-13-23)20-8-4-2-5-9-20)27-19-24(14-16-28-17-15-24)21-10-6-3-7-11-21;/h2-11H,12-19H2,1H3,(H2,25,26,27);1H. The molecule has 4 rings (SSSR count). The monoisotopic (exact) mass is 505 g/mol. The Balaban J connectivity index is 0.00000240. The number of hydrogen-bond donors (Lipinski definition) is 2. The number of nitrogens with one attached hydrogen (secondary N) is 2. The Hall–Kier alpha value is -1.60. The summed E-state index contributed by atoms with van der Waals surface area (Å²) < 4.78 is 5.66.